The molecule has 3 aromatic rings. The summed E-state index contributed by atoms with van der Waals surface area (Å²) in [6.07, 6.45) is 8.90. The van der Waals surface area contributed by atoms with E-state index in [9.17, 15) is 9.18 Å². The standard InChI is InChI=1S/C20H20FN5O/c1-12-5-19(21)18(20(27)25-14-3-4-14)7-17(12)13-8-24-26(11-13)16-6-15(22-2)9-23-10-16/h5-11,14,22H,3-4H2,1-2H3,(H,25,27). The van der Waals surface area contributed by atoms with Crippen molar-refractivity contribution < 1.29 is 9.18 Å². The molecule has 4 rings (SSSR count). The van der Waals surface area contributed by atoms with Crippen LogP contribution >= 0.6 is 0 Å². The molecule has 0 atom stereocenters. The molecule has 1 aliphatic rings. The Bertz CT molecular complexity index is 1010. The Balaban J connectivity index is 1.68. The molecule has 2 N–H and O–H groups in total. The number of pyridine rings is 1. The number of carbonyl (C=O) groups is 1. The Morgan fingerprint density at radius 3 is 2.78 bits per heavy atom. The molecule has 2 heterocycles. The maximum atomic E-state index is 14.3. The average Bonchev–Trinajstić information content (AvgIpc) is 3.34. The van der Waals surface area contributed by atoms with Crippen molar-refractivity contribution in [2.75, 3.05) is 12.4 Å². The summed E-state index contributed by atoms with van der Waals surface area (Å²) in [5, 5.41) is 10.3. The highest BCUT2D eigenvalue weighted by Gasteiger charge is 2.25. The summed E-state index contributed by atoms with van der Waals surface area (Å²) in [5.41, 5.74) is 4.08. The third kappa shape index (κ3) is 3.53. The second kappa shape index (κ2) is 6.83. The van der Waals surface area contributed by atoms with Gasteiger partial charge in [-0.05, 0) is 49.1 Å². The lowest BCUT2D eigenvalue weighted by Crippen LogP contribution is -2.26. The summed E-state index contributed by atoms with van der Waals surface area (Å²) in [6, 6.07) is 5.11. The smallest absolute Gasteiger partial charge is 0.254 e. The fraction of sp³-hybridized carbons (Fsp3) is 0.250. The van der Waals surface area contributed by atoms with Gasteiger partial charge in [0.25, 0.3) is 5.91 Å². The largest absolute Gasteiger partial charge is 0.387 e. The van der Waals surface area contributed by atoms with Crippen LogP contribution in [0, 0.1) is 12.7 Å². The van der Waals surface area contributed by atoms with Gasteiger partial charge >= 0.3 is 0 Å². The topological polar surface area (TPSA) is 71.8 Å². The van der Waals surface area contributed by atoms with Gasteiger partial charge in [-0.25, -0.2) is 9.07 Å². The number of amides is 1. The summed E-state index contributed by atoms with van der Waals surface area (Å²) < 4.78 is 16.0. The number of hydrogen-bond acceptors (Lipinski definition) is 4. The van der Waals surface area contributed by atoms with Gasteiger partial charge in [-0.2, -0.15) is 5.10 Å². The van der Waals surface area contributed by atoms with Gasteiger partial charge in [0.2, 0.25) is 0 Å². The van der Waals surface area contributed by atoms with Crippen LogP contribution in [-0.2, 0) is 0 Å². The zero-order chi connectivity index (χ0) is 19.0. The van der Waals surface area contributed by atoms with Crippen molar-refractivity contribution >= 4 is 11.6 Å². The normalized spacial score (nSPS) is 13.4. The second-order valence-electron chi connectivity index (χ2n) is 6.75. The number of rotatable bonds is 5. The molecule has 0 bridgehead atoms. The first-order valence-electron chi connectivity index (χ1n) is 8.84. The van der Waals surface area contributed by atoms with E-state index in [4.69, 9.17) is 0 Å². The molecule has 0 aliphatic heterocycles. The van der Waals surface area contributed by atoms with Crippen LogP contribution in [-0.4, -0.2) is 33.8 Å². The number of benzene rings is 1. The van der Waals surface area contributed by atoms with E-state index in [2.05, 4.69) is 20.7 Å². The predicted octanol–water partition coefficient (Wildman–Crippen LogP) is 3.32. The second-order valence-corrected chi connectivity index (χ2v) is 6.75. The molecule has 2 aromatic heterocycles. The molecule has 1 saturated carbocycles. The van der Waals surface area contributed by atoms with Gasteiger partial charge in [-0.15, -0.1) is 0 Å². The van der Waals surface area contributed by atoms with E-state index in [-0.39, 0.29) is 17.5 Å². The van der Waals surface area contributed by atoms with Crippen LogP contribution < -0.4 is 10.6 Å². The average molecular weight is 365 g/mol. The van der Waals surface area contributed by atoms with Gasteiger partial charge in [0.1, 0.15) is 5.82 Å². The quantitative estimate of drug-likeness (QED) is 0.728. The van der Waals surface area contributed by atoms with Crippen molar-refractivity contribution in [3.05, 3.63) is 59.9 Å². The zero-order valence-corrected chi connectivity index (χ0v) is 15.2. The Morgan fingerprint density at radius 1 is 1.22 bits per heavy atom. The summed E-state index contributed by atoms with van der Waals surface area (Å²) in [7, 11) is 1.82. The van der Waals surface area contributed by atoms with Gasteiger partial charge in [-0.1, -0.05) is 0 Å². The molecule has 0 spiro atoms. The monoisotopic (exact) mass is 365 g/mol. The van der Waals surface area contributed by atoms with E-state index in [0.29, 0.717) is 0 Å². The highest BCUT2D eigenvalue weighted by atomic mass is 19.1. The number of nitrogens with one attached hydrogen (secondary N) is 2. The molecule has 6 nitrogen and oxygen atoms in total. The minimum absolute atomic E-state index is 0.0640. The third-order valence-electron chi connectivity index (χ3n) is 4.64. The van der Waals surface area contributed by atoms with E-state index >= 15 is 0 Å². The van der Waals surface area contributed by atoms with Crippen molar-refractivity contribution in [3.8, 4) is 16.8 Å². The molecule has 1 fully saturated rings. The first kappa shape index (κ1) is 17.2. The number of nitrogens with zero attached hydrogens (tertiary/aromatic N) is 3. The van der Waals surface area contributed by atoms with Crippen molar-refractivity contribution in [2.45, 2.75) is 25.8 Å². The third-order valence-corrected chi connectivity index (χ3v) is 4.64. The van der Waals surface area contributed by atoms with Gasteiger partial charge in [0.15, 0.2) is 0 Å². The van der Waals surface area contributed by atoms with E-state index in [1.54, 1.807) is 29.3 Å². The minimum atomic E-state index is -0.507. The summed E-state index contributed by atoms with van der Waals surface area (Å²) >= 11 is 0. The molecular weight excluding hydrogens is 345 g/mol. The molecule has 1 amide bonds. The molecular formula is C20H20FN5O. The Kier molecular flexibility index (Phi) is 4.35. The summed E-state index contributed by atoms with van der Waals surface area (Å²) in [6.45, 7) is 1.82. The lowest BCUT2D eigenvalue weighted by Gasteiger charge is -2.09. The van der Waals surface area contributed by atoms with Crippen LogP contribution in [0.5, 0.6) is 0 Å². The number of halogens is 1. The van der Waals surface area contributed by atoms with Crippen molar-refractivity contribution in [2.24, 2.45) is 0 Å². The van der Waals surface area contributed by atoms with Crippen LogP contribution in [0.15, 0.2) is 43.0 Å². The number of carbonyl (C=O) groups excluding carboxylic acids is 1. The number of aryl methyl sites for hydroxylation is 1. The van der Waals surface area contributed by atoms with Gasteiger partial charge < -0.3 is 10.6 Å². The van der Waals surface area contributed by atoms with E-state index in [1.807, 2.05) is 26.2 Å². The Hall–Kier alpha value is -3.22. The highest BCUT2D eigenvalue weighted by molar-refractivity contribution is 5.96. The number of hydrogen-bond donors (Lipinski definition) is 2. The van der Waals surface area contributed by atoms with Gasteiger partial charge in [0.05, 0.1) is 35.5 Å². The minimum Gasteiger partial charge on any atom is -0.387 e. The first-order valence-corrected chi connectivity index (χ1v) is 8.84. The van der Waals surface area contributed by atoms with Crippen LogP contribution in [0.25, 0.3) is 16.8 Å². The molecule has 27 heavy (non-hydrogen) atoms. The number of anilines is 1. The summed E-state index contributed by atoms with van der Waals surface area (Å²) in [5.74, 6) is -0.873. The van der Waals surface area contributed by atoms with E-state index < -0.39 is 5.82 Å². The molecule has 7 heteroatoms. The van der Waals surface area contributed by atoms with Crippen molar-refractivity contribution in [3.63, 3.8) is 0 Å². The molecule has 0 radical (unpaired) electrons. The highest BCUT2D eigenvalue weighted by Crippen LogP contribution is 2.28. The predicted molar refractivity (Wildman–Crippen MR) is 102 cm³/mol. The van der Waals surface area contributed by atoms with Crippen LogP contribution in [0.3, 0.4) is 0 Å². The molecule has 0 saturated heterocycles. The maximum absolute atomic E-state index is 14.3. The van der Waals surface area contributed by atoms with Gasteiger partial charge in [-0.3, -0.25) is 9.78 Å². The molecule has 1 aliphatic carbocycles. The zero-order valence-electron chi connectivity index (χ0n) is 15.2. The Labute approximate surface area is 156 Å². The van der Waals surface area contributed by atoms with Gasteiger partial charge in [0, 0.05) is 24.8 Å². The first-order chi connectivity index (χ1) is 13.0. The van der Waals surface area contributed by atoms with E-state index in [1.165, 1.54) is 6.07 Å². The lowest BCUT2D eigenvalue weighted by molar-refractivity contribution is 0.0947. The van der Waals surface area contributed by atoms with Crippen molar-refractivity contribution in [1.29, 1.82) is 0 Å². The number of aromatic nitrogens is 3. The Morgan fingerprint density at radius 2 is 2.04 bits per heavy atom. The van der Waals surface area contributed by atoms with Crippen LogP contribution in [0.1, 0.15) is 28.8 Å². The SMILES string of the molecule is CNc1cncc(-n2cc(-c3cc(C(=O)NC4CC4)c(F)cc3C)cn2)c1. The molecule has 138 valence electrons. The molecule has 1 aromatic carbocycles. The van der Waals surface area contributed by atoms with E-state index in [0.717, 1.165) is 40.9 Å². The maximum Gasteiger partial charge on any atom is 0.254 e. The fourth-order valence-electron chi connectivity index (χ4n) is 2.94. The lowest BCUT2D eigenvalue weighted by atomic mass is 9.99. The van der Waals surface area contributed by atoms with Crippen LogP contribution in [0.4, 0.5) is 10.1 Å². The molecule has 0 unspecified atom stereocenters. The summed E-state index contributed by atoms with van der Waals surface area (Å²) in [4.78, 5) is 16.5. The fourth-order valence-corrected chi connectivity index (χ4v) is 2.94. The van der Waals surface area contributed by atoms with Crippen molar-refractivity contribution in [1.82, 2.24) is 20.1 Å². The van der Waals surface area contributed by atoms with Crippen LogP contribution in [0.2, 0.25) is 0 Å².